The van der Waals surface area contributed by atoms with Crippen molar-refractivity contribution in [2.24, 2.45) is 4.99 Å². The molecule has 0 aliphatic carbocycles. The van der Waals surface area contributed by atoms with E-state index in [0.717, 1.165) is 0 Å². The predicted octanol–water partition coefficient (Wildman–Crippen LogP) is 3.85. The summed E-state index contributed by atoms with van der Waals surface area (Å²) in [6.45, 7) is -2.45. The fourth-order valence-corrected chi connectivity index (χ4v) is 1.94. The Labute approximate surface area is 108 Å². The molecule has 0 spiro atoms. The Bertz CT molecular complexity index is 535. The number of aromatic nitrogens is 1. The van der Waals surface area contributed by atoms with E-state index in [2.05, 4.69) is 9.98 Å². The van der Waals surface area contributed by atoms with E-state index in [-0.39, 0.29) is 0 Å². The minimum absolute atomic E-state index is 0.458. The Morgan fingerprint density at radius 3 is 2.61 bits per heavy atom. The van der Waals surface area contributed by atoms with Gasteiger partial charge in [0, 0.05) is 11.1 Å². The molecule has 1 heterocycles. The van der Waals surface area contributed by atoms with Crippen LogP contribution in [0.3, 0.4) is 0 Å². The molecule has 1 aromatic heterocycles. The molecule has 0 N–H and O–H groups in total. The summed E-state index contributed by atoms with van der Waals surface area (Å²) in [5, 5.41) is 0. The van der Waals surface area contributed by atoms with Crippen LogP contribution in [-0.2, 0) is 0 Å². The van der Waals surface area contributed by atoms with Crippen LogP contribution < -0.4 is 0 Å². The lowest BCUT2D eigenvalue weighted by atomic mass is 10.3. The van der Waals surface area contributed by atoms with E-state index in [1.54, 1.807) is 48.8 Å². The maximum Gasteiger partial charge on any atom is 0.614 e. The molecule has 0 atom stereocenters. The van der Waals surface area contributed by atoms with Gasteiger partial charge in [0.2, 0.25) is 0 Å². The van der Waals surface area contributed by atoms with Crippen molar-refractivity contribution in [3.63, 3.8) is 0 Å². The first-order valence-electron chi connectivity index (χ1n) is 5.24. The van der Waals surface area contributed by atoms with Gasteiger partial charge in [-0.15, -0.1) is 0 Å². The van der Waals surface area contributed by atoms with Crippen molar-refractivity contribution in [2.75, 3.05) is 0 Å². The van der Waals surface area contributed by atoms with Gasteiger partial charge in [-0.1, -0.05) is 29.8 Å². The second-order valence-electron chi connectivity index (χ2n) is 3.36. The summed E-state index contributed by atoms with van der Waals surface area (Å²) >= 11 is 0.493. The molecule has 0 fully saturated rings. The van der Waals surface area contributed by atoms with Crippen LogP contribution in [0, 0.1) is 0 Å². The van der Waals surface area contributed by atoms with Gasteiger partial charge < -0.3 is 0 Å². The molecule has 2 nitrogen and oxygen atoms in total. The Morgan fingerprint density at radius 2 is 1.89 bits per heavy atom. The zero-order valence-corrected chi connectivity index (χ0v) is 10.1. The second kappa shape index (κ2) is 6.30. The van der Waals surface area contributed by atoms with E-state index in [0.29, 0.717) is 27.9 Å². The number of aliphatic imine (C=N–C) groups is 1. The minimum Gasteiger partial charge on any atom is -0.274 e. The van der Waals surface area contributed by atoms with Crippen LogP contribution in [0.25, 0.3) is 0 Å². The highest BCUT2D eigenvalue weighted by atomic mass is 32.2. The SMILES string of the molecule is FB(F)Sc1ccccc1N=Cc1ccccn1. The Kier molecular flexibility index (Phi) is 4.47. The molecule has 0 radical (unpaired) electrons. The first-order chi connectivity index (χ1) is 8.75. The maximum atomic E-state index is 12.4. The normalized spacial score (nSPS) is 10.8. The van der Waals surface area contributed by atoms with E-state index in [1.807, 2.05) is 6.07 Å². The van der Waals surface area contributed by atoms with Crippen LogP contribution in [0.1, 0.15) is 5.69 Å². The molecular weight excluding hydrogens is 253 g/mol. The third-order valence-corrected chi connectivity index (χ3v) is 2.88. The molecule has 0 aliphatic heterocycles. The van der Waals surface area contributed by atoms with Gasteiger partial charge in [0.15, 0.2) is 0 Å². The predicted molar refractivity (Wildman–Crippen MR) is 71.8 cm³/mol. The Balaban J connectivity index is 2.21. The molecule has 0 saturated heterocycles. The molecular formula is C12H9BF2N2S. The summed E-state index contributed by atoms with van der Waals surface area (Å²) in [4.78, 5) is 8.73. The maximum absolute atomic E-state index is 12.4. The van der Waals surface area contributed by atoms with E-state index >= 15 is 0 Å². The summed E-state index contributed by atoms with van der Waals surface area (Å²) in [6, 6.07) is 12.2. The lowest BCUT2D eigenvalue weighted by Gasteiger charge is -2.02. The van der Waals surface area contributed by atoms with Crippen LogP contribution in [0.2, 0.25) is 0 Å². The number of para-hydroxylation sites is 1. The molecule has 0 bridgehead atoms. The number of hydrogen-bond acceptors (Lipinski definition) is 3. The summed E-state index contributed by atoms with van der Waals surface area (Å²) in [5.74, 6) is 0. The molecule has 2 rings (SSSR count). The van der Waals surface area contributed by atoms with Crippen molar-refractivity contribution >= 4 is 30.1 Å². The zero-order chi connectivity index (χ0) is 12.8. The fourth-order valence-electron chi connectivity index (χ4n) is 1.35. The quantitative estimate of drug-likeness (QED) is 0.617. The molecule has 1 aromatic carbocycles. The van der Waals surface area contributed by atoms with Crippen molar-refractivity contribution in [3.05, 3.63) is 54.4 Å². The Hall–Kier alpha value is -1.69. The molecule has 2 aromatic rings. The van der Waals surface area contributed by atoms with E-state index in [1.165, 1.54) is 0 Å². The number of benzene rings is 1. The fraction of sp³-hybridized carbons (Fsp3) is 0. The summed E-state index contributed by atoms with van der Waals surface area (Å²) in [5.41, 5.74) is 1.21. The first kappa shape index (κ1) is 12.8. The number of rotatable bonds is 4. The van der Waals surface area contributed by atoms with Gasteiger partial charge in [-0.2, -0.15) is 0 Å². The van der Waals surface area contributed by atoms with Crippen LogP contribution in [-0.4, -0.2) is 17.7 Å². The molecule has 6 heteroatoms. The van der Waals surface area contributed by atoms with E-state index in [4.69, 9.17) is 0 Å². The minimum atomic E-state index is -2.45. The topological polar surface area (TPSA) is 25.2 Å². The number of nitrogens with zero attached hydrogens (tertiary/aromatic N) is 2. The monoisotopic (exact) mass is 262 g/mol. The molecule has 0 aliphatic rings. The lowest BCUT2D eigenvalue weighted by molar-refractivity contribution is 0.700. The third-order valence-electron chi connectivity index (χ3n) is 2.10. The first-order valence-corrected chi connectivity index (χ1v) is 6.12. The summed E-state index contributed by atoms with van der Waals surface area (Å²) < 4.78 is 24.7. The average Bonchev–Trinajstić information content (AvgIpc) is 2.38. The van der Waals surface area contributed by atoms with Crippen LogP contribution in [0.15, 0.2) is 58.5 Å². The summed E-state index contributed by atoms with van der Waals surface area (Å²) in [7, 11) is 0. The van der Waals surface area contributed by atoms with Crippen LogP contribution in [0.4, 0.5) is 14.3 Å². The molecule has 0 amide bonds. The number of hydrogen-bond donors (Lipinski definition) is 0. The van der Waals surface area contributed by atoms with Crippen molar-refractivity contribution in [1.82, 2.24) is 4.98 Å². The zero-order valence-electron chi connectivity index (χ0n) is 9.33. The van der Waals surface area contributed by atoms with Gasteiger partial charge >= 0.3 is 6.55 Å². The molecule has 0 saturated carbocycles. The highest BCUT2D eigenvalue weighted by Gasteiger charge is 2.16. The number of halogens is 2. The van der Waals surface area contributed by atoms with Crippen LogP contribution in [0.5, 0.6) is 0 Å². The van der Waals surface area contributed by atoms with Crippen molar-refractivity contribution in [1.29, 1.82) is 0 Å². The standard InChI is InChI=1S/C12H9BF2N2S/c14-13(15)18-12-7-2-1-6-11(12)17-9-10-5-3-4-8-16-10/h1-9H. The van der Waals surface area contributed by atoms with Crippen LogP contribution >= 0.6 is 11.6 Å². The largest absolute Gasteiger partial charge is 0.614 e. The highest BCUT2D eigenvalue weighted by molar-refractivity contribution is 8.24. The van der Waals surface area contributed by atoms with E-state index < -0.39 is 6.55 Å². The second-order valence-corrected chi connectivity index (χ2v) is 4.39. The van der Waals surface area contributed by atoms with Gasteiger partial charge in [0.05, 0.1) is 17.6 Å². The van der Waals surface area contributed by atoms with Gasteiger partial charge in [0.1, 0.15) is 0 Å². The van der Waals surface area contributed by atoms with Gasteiger partial charge in [-0.25, -0.2) is 0 Å². The molecule has 18 heavy (non-hydrogen) atoms. The van der Waals surface area contributed by atoms with Crippen molar-refractivity contribution in [3.8, 4) is 0 Å². The molecule has 0 unspecified atom stereocenters. The van der Waals surface area contributed by atoms with Crippen molar-refractivity contribution < 1.29 is 8.63 Å². The van der Waals surface area contributed by atoms with Gasteiger partial charge in [-0.05, 0) is 24.3 Å². The van der Waals surface area contributed by atoms with Crippen molar-refractivity contribution in [2.45, 2.75) is 4.90 Å². The van der Waals surface area contributed by atoms with Gasteiger partial charge in [-0.3, -0.25) is 18.6 Å². The average molecular weight is 262 g/mol. The highest BCUT2D eigenvalue weighted by Crippen LogP contribution is 2.31. The Morgan fingerprint density at radius 1 is 1.11 bits per heavy atom. The van der Waals surface area contributed by atoms with E-state index in [9.17, 15) is 8.63 Å². The molecule has 90 valence electrons. The summed E-state index contributed by atoms with van der Waals surface area (Å²) in [6.07, 6.45) is 3.21. The third kappa shape index (κ3) is 3.66. The smallest absolute Gasteiger partial charge is 0.274 e. The number of pyridine rings is 1. The lowest BCUT2D eigenvalue weighted by Crippen LogP contribution is -1.89. The van der Waals surface area contributed by atoms with Gasteiger partial charge in [0.25, 0.3) is 0 Å².